The molecule has 1 rings (SSSR count). The molecule has 0 saturated heterocycles. The number of benzene rings is 1. The molecule has 4 heteroatoms. The largest absolute Gasteiger partial charge is 0.465 e. The van der Waals surface area contributed by atoms with Crippen LogP contribution in [0.5, 0.6) is 0 Å². The van der Waals surface area contributed by atoms with Crippen LogP contribution < -0.4 is 5.32 Å². The summed E-state index contributed by atoms with van der Waals surface area (Å²) >= 11 is 0. The van der Waals surface area contributed by atoms with Gasteiger partial charge in [-0.2, -0.15) is 5.26 Å². The first kappa shape index (κ1) is 12.1. The number of carbonyl (C=O) groups excluding carboxylic acids is 1. The molecule has 0 saturated carbocycles. The molecule has 0 aliphatic carbocycles. The summed E-state index contributed by atoms with van der Waals surface area (Å²) in [6.07, 6.45) is 0. The van der Waals surface area contributed by atoms with E-state index in [-0.39, 0.29) is 12.5 Å². The summed E-state index contributed by atoms with van der Waals surface area (Å²) in [5.41, 5.74) is 2.22. The van der Waals surface area contributed by atoms with E-state index in [1.165, 1.54) is 0 Å². The fourth-order valence-corrected chi connectivity index (χ4v) is 1.28. The Morgan fingerprint density at radius 3 is 2.94 bits per heavy atom. The number of esters is 1. The third kappa shape index (κ3) is 3.28. The lowest BCUT2D eigenvalue weighted by molar-refractivity contribution is -0.140. The highest BCUT2D eigenvalue weighted by atomic mass is 16.5. The van der Waals surface area contributed by atoms with Gasteiger partial charge in [-0.25, -0.2) is 0 Å². The first-order valence-corrected chi connectivity index (χ1v) is 5.07. The van der Waals surface area contributed by atoms with Crippen molar-refractivity contribution in [2.24, 2.45) is 0 Å². The fourth-order valence-electron chi connectivity index (χ4n) is 1.28. The maximum absolute atomic E-state index is 11.1. The van der Waals surface area contributed by atoms with Crippen LogP contribution in [0.3, 0.4) is 0 Å². The highest BCUT2D eigenvalue weighted by Crippen LogP contribution is 2.16. The number of nitriles is 1. The Hall–Kier alpha value is -2.02. The normalized spacial score (nSPS) is 9.31. The van der Waals surface area contributed by atoms with Crippen LogP contribution in [0.25, 0.3) is 0 Å². The van der Waals surface area contributed by atoms with Crippen molar-refractivity contribution in [1.29, 1.82) is 5.26 Å². The van der Waals surface area contributed by atoms with Crippen LogP contribution in [0.2, 0.25) is 0 Å². The molecule has 0 unspecified atom stereocenters. The van der Waals surface area contributed by atoms with Crippen LogP contribution in [0.15, 0.2) is 18.2 Å². The summed E-state index contributed by atoms with van der Waals surface area (Å²) in [4.78, 5) is 11.1. The maximum atomic E-state index is 11.1. The third-order valence-corrected chi connectivity index (χ3v) is 2.02. The zero-order valence-corrected chi connectivity index (χ0v) is 9.41. The molecule has 1 aromatic rings. The van der Waals surface area contributed by atoms with E-state index in [1.54, 1.807) is 13.0 Å². The van der Waals surface area contributed by atoms with E-state index in [1.807, 2.05) is 19.1 Å². The van der Waals surface area contributed by atoms with Gasteiger partial charge in [-0.1, -0.05) is 6.07 Å². The fraction of sp³-hybridized carbons (Fsp3) is 0.333. The molecule has 84 valence electrons. The number of nitrogens with one attached hydrogen (secondary N) is 1. The monoisotopic (exact) mass is 218 g/mol. The van der Waals surface area contributed by atoms with Gasteiger partial charge in [-0.05, 0) is 31.5 Å². The summed E-state index contributed by atoms with van der Waals surface area (Å²) in [6, 6.07) is 7.48. The van der Waals surface area contributed by atoms with Crippen LogP contribution in [-0.2, 0) is 9.53 Å². The highest BCUT2D eigenvalue weighted by molar-refractivity contribution is 5.76. The van der Waals surface area contributed by atoms with Crippen LogP contribution in [0, 0.1) is 18.3 Å². The third-order valence-electron chi connectivity index (χ3n) is 2.02. The molecular formula is C12H14N2O2. The van der Waals surface area contributed by atoms with E-state index in [2.05, 4.69) is 11.4 Å². The highest BCUT2D eigenvalue weighted by Gasteiger charge is 2.05. The lowest BCUT2D eigenvalue weighted by Crippen LogP contribution is -2.17. The molecular weight excluding hydrogens is 204 g/mol. The van der Waals surface area contributed by atoms with E-state index in [9.17, 15) is 4.79 Å². The Balaban J connectivity index is 2.70. The number of ether oxygens (including phenoxy) is 1. The van der Waals surface area contributed by atoms with Crippen molar-refractivity contribution >= 4 is 11.7 Å². The van der Waals surface area contributed by atoms with Gasteiger partial charge < -0.3 is 10.1 Å². The topological polar surface area (TPSA) is 62.1 Å². The Labute approximate surface area is 94.8 Å². The average molecular weight is 218 g/mol. The standard InChI is InChI=1S/C12H14N2O2/c1-3-16-12(15)8-14-11-6-9(2)4-5-10(11)7-13/h4-6,14H,3,8H2,1-2H3. The SMILES string of the molecule is CCOC(=O)CNc1cc(C)ccc1C#N. The number of aryl methyl sites for hydroxylation is 1. The Kier molecular flexibility index (Phi) is 4.34. The van der Waals surface area contributed by atoms with Crippen LogP contribution >= 0.6 is 0 Å². The molecule has 1 aromatic carbocycles. The van der Waals surface area contributed by atoms with Crippen LogP contribution in [0.1, 0.15) is 18.1 Å². The summed E-state index contributed by atoms with van der Waals surface area (Å²) in [6.45, 7) is 4.12. The molecule has 1 N–H and O–H groups in total. The van der Waals surface area contributed by atoms with Gasteiger partial charge in [0, 0.05) is 0 Å². The van der Waals surface area contributed by atoms with Gasteiger partial charge in [0.2, 0.25) is 0 Å². The number of nitrogens with zero attached hydrogens (tertiary/aromatic N) is 1. The van der Waals surface area contributed by atoms with Crippen LogP contribution in [-0.4, -0.2) is 19.1 Å². The van der Waals surface area contributed by atoms with Crippen molar-refractivity contribution in [3.8, 4) is 6.07 Å². The van der Waals surface area contributed by atoms with Gasteiger partial charge in [-0.3, -0.25) is 4.79 Å². The molecule has 0 aliphatic heterocycles. The summed E-state index contributed by atoms with van der Waals surface area (Å²) in [5.74, 6) is -0.326. The lowest BCUT2D eigenvalue weighted by atomic mass is 10.1. The zero-order chi connectivity index (χ0) is 12.0. The molecule has 0 bridgehead atoms. The van der Waals surface area contributed by atoms with Crippen molar-refractivity contribution in [3.05, 3.63) is 29.3 Å². The molecule has 16 heavy (non-hydrogen) atoms. The molecule has 0 fully saturated rings. The predicted octanol–water partition coefficient (Wildman–Crippen LogP) is 1.84. The molecule has 0 amide bonds. The molecule has 0 heterocycles. The number of hydrogen-bond donors (Lipinski definition) is 1. The first-order chi connectivity index (χ1) is 7.67. The molecule has 0 spiro atoms. The van der Waals surface area contributed by atoms with Gasteiger partial charge in [-0.15, -0.1) is 0 Å². The maximum Gasteiger partial charge on any atom is 0.325 e. The summed E-state index contributed by atoms with van der Waals surface area (Å²) in [7, 11) is 0. The predicted molar refractivity (Wildman–Crippen MR) is 61.0 cm³/mol. The van der Waals surface area contributed by atoms with E-state index < -0.39 is 0 Å². The van der Waals surface area contributed by atoms with E-state index in [0.717, 1.165) is 5.56 Å². The number of hydrogen-bond acceptors (Lipinski definition) is 4. The number of rotatable bonds is 4. The minimum Gasteiger partial charge on any atom is -0.465 e. The number of carbonyl (C=O) groups is 1. The van der Waals surface area contributed by atoms with Gasteiger partial charge in [0.05, 0.1) is 17.9 Å². The second-order valence-corrected chi connectivity index (χ2v) is 3.32. The minimum absolute atomic E-state index is 0.0754. The summed E-state index contributed by atoms with van der Waals surface area (Å²) in [5, 5.41) is 11.8. The van der Waals surface area contributed by atoms with Gasteiger partial charge in [0.25, 0.3) is 0 Å². The molecule has 0 radical (unpaired) electrons. The number of anilines is 1. The average Bonchev–Trinajstić information content (AvgIpc) is 2.27. The Morgan fingerprint density at radius 1 is 1.56 bits per heavy atom. The van der Waals surface area contributed by atoms with Gasteiger partial charge in [0.1, 0.15) is 12.6 Å². The molecule has 0 aliphatic rings. The Bertz CT molecular complexity index is 422. The molecule has 0 atom stereocenters. The minimum atomic E-state index is -0.326. The first-order valence-electron chi connectivity index (χ1n) is 5.07. The van der Waals surface area contributed by atoms with E-state index in [0.29, 0.717) is 17.9 Å². The van der Waals surface area contributed by atoms with E-state index >= 15 is 0 Å². The van der Waals surface area contributed by atoms with Gasteiger partial charge >= 0.3 is 5.97 Å². The summed E-state index contributed by atoms with van der Waals surface area (Å²) < 4.78 is 4.78. The lowest BCUT2D eigenvalue weighted by Gasteiger charge is -2.08. The second-order valence-electron chi connectivity index (χ2n) is 3.32. The van der Waals surface area contributed by atoms with Crippen molar-refractivity contribution in [3.63, 3.8) is 0 Å². The molecule has 4 nitrogen and oxygen atoms in total. The van der Waals surface area contributed by atoms with Crippen molar-refractivity contribution in [1.82, 2.24) is 0 Å². The van der Waals surface area contributed by atoms with Crippen molar-refractivity contribution < 1.29 is 9.53 Å². The quantitative estimate of drug-likeness (QED) is 0.783. The molecule has 0 aromatic heterocycles. The van der Waals surface area contributed by atoms with Crippen molar-refractivity contribution in [2.75, 3.05) is 18.5 Å². The smallest absolute Gasteiger partial charge is 0.325 e. The zero-order valence-electron chi connectivity index (χ0n) is 9.41. The van der Waals surface area contributed by atoms with E-state index in [4.69, 9.17) is 10.00 Å². The Morgan fingerprint density at radius 2 is 2.31 bits per heavy atom. The van der Waals surface area contributed by atoms with Crippen molar-refractivity contribution in [2.45, 2.75) is 13.8 Å². The second kappa shape index (κ2) is 5.76. The van der Waals surface area contributed by atoms with Crippen LogP contribution in [0.4, 0.5) is 5.69 Å². The van der Waals surface area contributed by atoms with Gasteiger partial charge in [0.15, 0.2) is 0 Å².